The molecule has 0 radical (unpaired) electrons. The summed E-state index contributed by atoms with van der Waals surface area (Å²) >= 11 is 0. The Bertz CT molecular complexity index is 2090. The maximum atomic E-state index is 5.22. The first-order chi connectivity index (χ1) is 20.5. The van der Waals surface area contributed by atoms with Gasteiger partial charge in [-0.1, -0.05) is 109 Å². The van der Waals surface area contributed by atoms with Gasteiger partial charge in [0.2, 0.25) is 0 Å². The number of hydrogen-bond donors (Lipinski definition) is 0. The largest absolute Gasteiger partial charge is 0.254 e. The van der Waals surface area contributed by atoms with E-state index in [-0.39, 0.29) is 0 Å². The summed E-state index contributed by atoms with van der Waals surface area (Å²) in [5, 5.41) is 2.35. The van der Waals surface area contributed by atoms with Crippen molar-refractivity contribution in [1.29, 1.82) is 0 Å². The van der Waals surface area contributed by atoms with Crippen LogP contribution < -0.4 is 0 Å². The van der Waals surface area contributed by atoms with Gasteiger partial charge in [-0.05, 0) is 89.4 Å². The lowest BCUT2D eigenvalue weighted by Crippen LogP contribution is -1.97. The molecule has 7 aromatic rings. The van der Waals surface area contributed by atoms with E-state index in [4.69, 9.17) is 9.97 Å². The molecule has 0 spiro atoms. The van der Waals surface area contributed by atoms with E-state index in [0.717, 1.165) is 22.3 Å². The molecule has 7 rings (SSSR count). The highest BCUT2D eigenvalue weighted by atomic mass is 14.8. The van der Waals surface area contributed by atoms with Gasteiger partial charge in [-0.2, -0.15) is 0 Å². The first-order valence-corrected chi connectivity index (χ1v) is 14.5. The van der Waals surface area contributed by atoms with E-state index in [2.05, 4.69) is 143 Å². The minimum absolute atomic E-state index is 0.977. The average Bonchev–Trinajstić information content (AvgIpc) is 3.05. The third kappa shape index (κ3) is 4.46. The van der Waals surface area contributed by atoms with Crippen LogP contribution in [0.4, 0.5) is 0 Å². The lowest BCUT2D eigenvalue weighted by molar-refractivity contribution is 1.25. The van der Waals surface area contributed by atoms with E-state index in [1.54, 1.807) is 0 Å². The Morgan fingerprint density at radius 3 is 1.52 bits per heavy atom. The maximum absolute atomic E-state index is 5.22. The van der Waals surface area contributed by atoms with Crippen LogP contribution >= 0.6 is 0 Å². The Morgan fingerprint density at radius 1 is 0.405 bits per heavy atom. The molecule has 0 atom stereocenters. The van der Waals surface area contributed by atoms with Crippen molar-refractivity contribution >= 4 is 21.8 Å². The Hall–Kier alpha value is -5.08. The van der Waals surface area contributed by atoms with Crippen LogP contribution in [0.15, 0.2) is 121 Å². The molecule has 0 aliphatic carbocycles. The summed E-state index contributed by atoms with van der Waals surface area (Å²) in [4.78, 5) is 10.0. The van der Waals surface area contributed by atoms with Crippen molar-refractivity contribution in [3.63, 3.8) is 0 Å². The fourth-order valence-electron chi connectivity index (χ4n) is 5.94. The van der Waals surface area contributed by atoms with Gasteiger partial charge in [-0.15, -0.1) is 0 Å². The lowest BCUT2D eigenvalue weighted by atomic mass is 9.95. The summed E-state index contributed by atoms with van der Waals surface area (Å²) < 4.78 is 0. The molecule has 202 valence electrons. The molecular formula is C40H32N2. The minimum atomic E-state index is 0.977. The molecule has 0 fully saturated rings. The average molecular weight is 541 g/mol. The van der Waals surface area contributed by atoms with Gasteiger partial charge in [-0.3, -0.25) is 4.98 Å². The number of hydrogen-bond acceptors (Lipinski definition) is 2. The molecule has 42 heavy (non-hydrogen) atoms. The molecule has 2 heterocycles. The SMILES string of the molecule is Cc1cnc2c(ccc3c(C)c(C)c(-c4ccc(-c5ccc(-c6cccc(-c7ccccc7)c6)cc5)cc4)nc32)c1C. The molecule has 0 aliphatic heterocycles. The van der Waals surface area contributed by atoms with Crippen LogP contribution in [0.25, 0.3) is 66.4 Å². The van der Waals surface area contributed by atoms with Gasteiger partial charge in [0.15, 0.2) is 0 Å². The zero-order valence-electron chi connectivity index (χ0n) is 24.4. The lowest BCUT2D eigenvalue weighted by Gasteiger charge is -2.15. The zero-order valence-corrected chi connectivity index (χ0v) is 24.4. The van der Waals surface area contributed by atoms with Crippen LogP contribution in [0.2, 0.25) is 0 Å². The Balaban J connectivity index is 1.21. The van der Waals surface area contributed by atoms with Crippen molar-refractivity contribution in [2.75, 3.05) is 0 Å². The summed E-state index contributed by atoms with van der Waals surface area (Å²) in [7, 11) is 0. The summed E-state index contributed by atoms with van der Waals surface area (Å²) in [6.07, 6.45) is 1.97. The second-order valence-electron chi connectivity index (χ2n) is 11.2. The number of aromatic nitrogens is 2. The highest BCUT2D eigenvalue weighted by molar-refractivity contribution is 6.06. The number of pyridine rings is 2. The van der Waals surface area contributed by atoms with Crippen molar-refractivity contribution < 1.29 is 0 Å². The standard InChI is InChI=1S/C40H32N2/c1-25-24-41-39-36(26(25)2)21-22-37-27(3)28(4)38(42-40(37)39)33-19-17-31(18-20-33)30-13-15-32(16-14-30)35-12-8-11-34(23-35)29-9-6-5-7-10-29/h5-24H,1-4H3. The van der Waals surface area contributed by atoms with E-state index in [1.165, 1.54) is 66.4 Å². The first kappa shape index (κ1) is 25.9. The molecule has 0 saturated carbocycles. The Labute approximate surface area is 247 Å². The number of nitrogens with zero attached hydrogens (tertiary/aromatic N) is 2. The molecule has 2 nitrogen and oxygen atoms in total. The van der Waals surface area contributed by atoms with Gasteiger partial charge in [-0.25, -0.2) is 4.98 Å². The number of benzene rings is 5. The summed E-state index contributed by atoms with van der Waals surface area (Å²) in [5.41, 5.74) is 16.3. The van der Waals surface area contributed by atoms with E-state index in [0.29, 0.717) is 0 Å². The van der Waals surface area contributed by atoms with Crippen molar-refractivity contribution in [2.45, 2.75) is 27.7 Å². The molecule has 0 aliphatic rings. The van der Waals surface area contributed by atoms with E-state index >= 15 is 0 Å². The third-order valence-electron chi connectivity index (χ3n) is 8.76. The normalized spacial score (nSPS) is 11.3. The molecule has 2 aromatic heterocycles. The quantitative estimate of drug-likeness (QED) is 0.208. The van der Waals surface area contributed by atoms with Crippen LogP contribution in [0.5, 0.6) is 0 Å². The number of rotatable bonds is 4. The van der Waals surface area contributed by atoms with Crippen molar-refractivity contribution in [3.8, 4) is 44.6 Å². The Morgan fingerprint density at radius 2 is 0.905 bits per heavy atom. The van der Waals surface area contributed by atoms with Crippen LogP contribution in [0.3, 0.4) is 0 Å². The zero-order chi connectivity index (χ0) is 28.8. The molecule has 0 N–H and O–H groups in total. The second kappa shape index (κ2) is 10.4. The fourth-order valence-corrected chi connectivity index (χ4v) is 5.94. The van der Waals surface area contributed by atoms with Gasteiger partial charge >= 0.3 is 0 Å². The van der Waals surface area contributed by atoms with Gasteiger partial charge in [0, 0.05) is 22.5 Å². The highest BCUT2D eigenvalue weighted by Gasteiger charge is 2.15. The molecule has 0 amide bonds. The maximum Gasteiger partial charge on any atom is 0.0975 e. The number of aryl methyl sites for hydroxylation is 3. The predicted octanol–water partition coefficient (Wildman–Crippen LogP) is 10.7. The fraction of sp³-hybridized carbons (Fsp3) is 0.100. The van der Waals surface area contributed by atoms with Crippen molar-refractivity contribution in [3.05, 3.63) is 144 Å². The van der Waals surface area contributed by atoms with Crippen LogP contribution in [-0.4, -0.2) is 9.97 Å². The van der Waals surface area contributed by atoms with E-state index < -0.39 is 0 Å². The molecular weight excluding hydrogens is 508 g/mol. The Kier molecular flexibility index (Phi) is 6.40. The highest BCUT2D eigenvalue weighted by Crippen LogP contribution is 2.35. The summed E-state index contributed by atoms with van der Waals surface area (Å²) in [6.45, 7) is 8.65. The van der Waals surface area contributed by atoms with Crippen LogP contribution in [0.1, 0.15) is 22.3 Å². The molecule has 0 saturated heterocycles. The van der Waals surface area contributed by atoms with Gasteiger partial charge in [0.05, 0.1) is 16.7 Å². The van der Waals surface area contributed by atoms with E-state index in [1.807, 2.05) is 6.20 Å². The molecule has 0 bridgehead atoms. The van der Waals surface area contributed by atoms with Crippen LogP contribution in [0, 0.1) is 27.7 Å². The second-order valence-corrected chi connectivity index (χ2v) is 11.2. The molecule has 0 unspecified atom stereocenters. The minimum Gasteiger partial charge on any atom is -0.254 e. The van der Waals surface area contributed by atoms with Crippen LogP contribution in [-0.2, 0) is 0 Å². The topological polar surface area (TPSA) is 25.8 Å². The first-order valence-electron chi connectivity index (χ1n) is 14.5. The summed E-state index contributed by atoms with van der Waals surface area (Å²) in [6, 6.07) is 41.3. The molecule has 5 aromatic carbocycles. The molecule has 2 heteroatoms. The predicted molar refractivity (Wildman–Crippen MR) is 178 cm³/mol. The monoisotopic (exact) mass is 540 g/mol. The van der Waals surface area contributed by atoms with Gasteiger partial charge < -0.3 is 0 Å². The van der Waals surface area contributed by atoms with Gasteiger partial charge in [0.1, 0.15) is 0 Å². The van der Waals surface area contributed by atoms with E-state index in [9.17, 15) is 0 Å². The van der Waals surface area contributed by atoms with Crippen molar-refractivity contribution in [2.24, 2.45) is 0 Å². The summed E-state index contributed by atoms with van der Waals surface area (Å²) in [5.74, 6) is 0. The number of fused-ring (bicyclic) bond motifs is 3. The third-order valence-corrected chi connectivity index (χ3v) is 8.76. The van der Waals surface area contributed by atoms with Crippen molar-refractivity contribution in [1.82, 2.24) is 9.97 Å². The van der Waals surface area contributed by atoms with Gasteiger partial charge in [0.25, 0.3) is 0 Å². The smallest absolute Gasteiger partial charge is 0.0975 e.